The van der Waals surface area contributed by atoms with E-state index in [0.29, 0.717) is 11.5 Å². The molecule has 0 aromatic heterocycles. The average Bonchev–Trinajstić information content (AvgIpc) is 3.09. The zero-order chi connectivity index (χ0) is 35.3. The Balaban J connectivity index is 1.88. The summed E-state index contributed by atoms with van der Waals surface area (Å²) < 4.78 is 33.1. The average molecular weight is 661 g/mol. The smallest absolute Gasteiger partial charge is 0.333 e. The van der Waals surface area contributed by atoms with Crippen LogP contribution in [0, 0.1) is 13.8 Å². The van der Waals surface area contributed by atoms with Crippen LogP contribution in [-0.2, 0) is 43.5 Å². The van der Waals surface area contributed by atoms with Crippen molar-refractivity contribution in [3.05, 3.63) is 109 Å². The summed E-state index contributed by atoms with van der Waals surface area (Å²) in [5.74, 6) is -3.25. The van der Waals surface area contributed by atoms with Crippen LogP contribution in [0.1, 0.15) is 61.3 Å². The summed E-state index contributed by atoms with van der Waals surface area (Å²) >= 11 is 0. The van der Waals surface area contributed by atoms with Gasteiger partial charge in [-0.2, -0.15) is 0 Å². The zero-order valence-corrected chi connectivity index (χ0v) is 27.9. The third kappa shape index (κ3) is 9.94. The molecule has 0 amide bonds. The molecule has 2 unspecified atom stereocenters. The lowest BCUT2D eigenvalue weighted by molar-refractivity contribution is -0.205. The molecular formula is C38H44O10. The summed E-state index contributed by atoms with van der Waals surface area (Å²) in [7, 11) is 0. The summed E-state index contributed by atoms with van der Waals surface area (Å²) in [6.45, 7) is 18.4. The molecule has 2 aromatic carbocycles. The molecule has 3 rings (SSSR count). The number of benzene rings is 2. The van der Waals surface area contributed by atoms with Gasteiger partial charge in [0, 0.05) is 36.6 Å². The summed E-state index contributed by atoms with van der Waals surface area (Å²) in [5, 5.41) is 0. The van der Waals surface area contributed by atoms with E-state index in [2.05, 4.69) is 44.5 Å². The van der Waals surface area contributed by atoms with E-state index in [1.807, 2.05) is 32.0 Å². The molecule has 10 heteroatoms. The van der Waals surface area contributed by atoms with Gasteiger partial charge in [-0.1, -0.05) is 69.8 Å². The number of rotatable bonds is 17. The molecule has 1 aliphatic rings. The van der Waals surface area contributed by atoms with Crippen molar-refractivity contribution in [1.82, 2.24) is 0 Å². The van der Waals surface area contributed by atoms with Gasteiger partial charge in [0.15, 0.2) is 12.7 Å². The maximum absolute atomic E-state index is 12.1. The molecule has 256 valence electrons. The molecule has 0 aliphatic heterocycles. The first kappa shape index (κ1) is 37.3. The lowest BCUT2D eigenvalue weighted by Crippen LogP contribution is -2.43. The molecule has 10 nitrogen and oxygen atoms in total. The summed E-state index contributed by atoms with van der Waals surface area (Å²) in [6, 6.07) is 12.0. The number of carbonyl (C=O) groups excluding carboxylic acids is 4. The second-order valence-electron chi connectivity index (χ2n) is 11.7. The second kappa shape index (κ2) is 17.2. The Morgan fingerprint density at radius 3 is 1.83 bits per heavy atom. The maximum atomic E-state index is 12.1. The Morgan fingerprint density at radius 2 is 1.29 bits per heavy atom. The third-order valence-electron chi connectivity index (χ3n) is 8.07. The Bertz CT molecular complexity index is 1530. The Labute approximate surface area is 282 Å². The van der Waals surface area contributed by atoms with E-state index < -0.39 is 35.8 Å². The topological polar surface area (TPSA) is 124 Å². The molecule has 48 heavy (non-hydrogen) atoms. The Morgan fingerprint density at radius 1 is 0.750 bits per heavy atom. The van der Waals surface area contributed by atoms with Gasteiger partial charge in [0.1, 0.15) is 24.7 Å². The van der Waals surface area contributed by atoms with Crippen molar-refractivity contribution in [2.45, 2.75) is 70.2 Å². The molecule has 1 saturated carbocycles. The number of hydrogen-bond donors (Lipinski definition) is 0. The van der Waals surface area contributed by atoms with Gasteiger partial charge in [-0.05, 0) is 61.1 Å². The molecule has 0 spiro atoms. The van der Waals surface area contributed by atoms with Crippen molar-refractivity contribution in [1.29, 1.82) is 0 Å². The fourth-order valence-electron chi connectivity index (χ4n) is 5.64. The van der Waals surface area contributed by atoms with E-state index in [0.717, 1.165) is 78.7 Å². The number of ether oxygens (including phenoxy) is 6. The van der Waals surface area contributed by atoms with E-state index in [1.54, 1.807) is 0 Å². The van der Waals surface area contributed by atoms with Crippen LogP contribution < -0.4 is 9.47 Å². The van der Waals surface area contributed by atoms with Gasteiger partial charge < -0.3 is 28.4 Å². The first-order chi connectivity index (χ1) is 22.9. The summed E-state index contributed by atoms with van der Waals surface area (Å²) in [4.78, 5) is 47.2. The molecule has 0 radical (unpaired) electrons. The predicted molar refractivity (Wildman–Crippen MR) is 179 cm³/mol. The SMILES string of the molecule is C=CC(=O)OCC(COc1ccc(C2(c3ccc(OC(C)(COC(=O)C=C)OC(=O)C=C)c(C)c3)CCCCC2)cc1C)OC(=O)C=C. The monoisotopic (exact) mass is 660 g/mol. The minimum Gasteiger partial charge on any atom is -0.489 e. The lowest BCUT2D eigenvalue weighted by atomic mass is 9.65. The number of aryl methyl sites for hydroxylation is 2. The fourth-order valence-corrected chi connectivity index (χ4v) is 5.64. The highest BCUT2D eigenvalue weighted by Gasteiger charge is 2.37. The van der Waals surface area contributed by atoms with Crippen molar-refractivity contribution in [3.8, 4) is 11.5 Å². The van der Waals surface area contributed by atoms with Crippen LogP contribution >= 0.6 is 0 Å². The lowest BCUT2D eigenvalue weighted by Gasteiger charge is -2.39. The van der Waals surface area contributed by atoms with Gasteiger partial charge in [0.2, 0.25) is 0 Å². The van der Waals surface area contributed by atoms with Gasteiger partial charge in [-0.25, -0.2) is 19.2 Å². The fraction of sp³-hybridized carbons (Fsp3) is 0.368. The van der Waals surface area contributed by atoms with Crippen LogP contribution in [0.4, 0.5) is 0 Å². The highest BCUT2D eigenvalue weighted by molar-refractivity contribution is 5.83. The van der Waals surface area contributed by atoms with Crippen LogP contribution in [0.25, 0.3) is 0 Å². The van der Waals surface area contributed by atoms with Crippen molar-refractivity contribution in [2.24, 2.45) is 0 Å². The van der Waals surface area contributed by atoms with Crippen molar-refractivity contribution in [2.75, 3.05) is 19.8 Å². The standard InChI is InChI=1S/C38H44O10/c1-8-33(39)44-24-30(46-35(41)10-3)23-43-31-17-15-28(21-26(31)5)38(19-13-12-14-20-38)29-16-18-32(27(6)22-29)47-37(7,48-36(42)11-4)25-45-34(40)9-2/h8-11,15-18,21-22,30H,1-4,12-14,19-20,23-25H2,5-7H3. The number of esters is 4. The Hall–Kier alpha value is -5.12. The van der Waals surface area contributed by atoms with E-state index in [-0.39, 0.29) is 25.2 Å². The van der Waals surface area contributed by atoms with Gasteiger partial charge >= 0.3 is 23.9 Å². The predicted octanol–water partition coefficient (Wildman–Crippen LogP) is 6.31. The van der Waals surface area contributed by atoms with Crippen molar-refractivity contribution >= 4 is 23.9 Å². The van der Waals surface area contributed by atoms with E-state index in [9.17, 15) is 19.2 Å². The molecule has 0 heterocycles. The van der Waals surface area contributed by atoms with E-state index in [1.165, 1.54) is 6.92 Å². The largest absolute Gasteiger partial charge is 0.489 e. The molecule has 1 fully saturated rings. The van der Waals surface area contributed by atoms with Crippen LogP contribution in [0.2, 0.25) is 0 Å². The minimum absolute atomic E-state index is 0.0379. The van der Waals surface area contributed by atoms with Crippen molar-refractivity contribution in [3.63, 3.8) is 0 Å². The summed E-state index contributed by atoms with van der Waals surface area (Å²) in [5.41, 5.74) is 3.67. The van der Waals surface area contributed by atoms with Gasteiger partial charge in [-0.3, -0.25) is 0 Å². The van der Waals surface area contributed by atoms with Crippen LogP contribution in [0.15, 0.2) is 87.0 Å². The molecular weight excluding hydrogens is 616 g/mol. The van der Waals surface area contributed by atoms with Crippen LogP contribution in [0.3, 0.4) is 0 Å². The molecule has 0 bridgehead atoms. The van der Waals surface area contributed by atoms with Gasteiger partial charge in [-0.15, -0.1) is 0 Å². The molecule has 1 aliphatic carbocycles. The minimum atomic E-state index is -1.61. The van der Waals surface area contributed by atoms with Gasteiger partial charge in [0.25, 0.3) is 5.79 Å². The Kier molecular flexibility index (Phi) is 13.3. The molecule has 2 atom stereocenters. The highest BCUT2D eigenvalue weighted by atomic mass is 16.7. The maximum Gasteiger partial charge on any atom is 0.333 e. The highest BCUT2D eigenvalue weighted by Crippen LogP contribution is 2.46. The first-order valence-electron chi connectivity index (χ1n) is 15.7. The van der Waals surface area contributed by atoms with Crippen LogP contribution in [0.5, 0.6) is 11.5 Å². The van der Waals surface area contributed by atoms with E-state index in [4.69, 9.17) is 28.4 Å². The third-order valence-corrected chi connectivity index (χ3v) is 8.07. The zero-order valence-electron chi connectivity index (χ0n) is 27.9. The van der Waals surface area contributed by atoms with E-state index >= 15 is 0 Å². The van der Waals surface area contributed by atoms with Crippen molar-refractivity contribution < 1.29 is 47.6 Å². The quantitative estimate of drug-likeness (QED) is 0.0825. The number of carbonyl (C=O) groups is 4. The second-order valence-corrected chi connectivity index (χ2v) is 11.7. The normalized spacial score (nSPS) is 15.3. The molecule has 2 aromatic rings. The van der Waals surface area contributed by atoms with Crippen LogP contribution in [-0.4, -0.2) is 55.6 Å². The molecule has 0 N–H and O–H groups in total. The number of hydrogen-bond acceptors (Lipinski definition) is 10. The van der Waals surface area contributed by atoms with Gasteiger partial charge in [0.05, 0.1) is 0 Å². The first-order valence-corrected chi connectivity index (χ1v) is 15.7. The summed E-state index contributed by atoms with van der Waals surface area (Å²) in [6.07, 6.45) is 8.36. The molecule has 0 saturated heterocycles.